The SMILES string of the molecule is CCCCn1nc(C)c(C=CC(=O)NCCCN2CCCCCC2)c1Cl. The van der Waals surface area contributed by atoms with E-state index in [0.717, 1.165) is 43.6 Å². The number of unbranched alkanes of at least 4 members (excludes halogenated alkanes) is 1. The first kappa shape index (κ1) is 21.0. The van der Waals surface area contributed by atoms with Gasteiger partial charge in [-0.2, -0.15) is 5.10 Å². The van der Waals surface area contributed by atoms with Crippen LogP contribution >= 0.6 is 11.6 Å². The third kappa shape index (κ3) is 6.76. The number of carbonyl (C=O) groups is 1. The van der Waals surface area contributed by atoms with E-state index in [2.05, 4.69) is 22.2 Å². The normalized spacial score (nSPS) is 16.1. The molecular formula is C20H33ClN4O. The van der Waals surface area contributed by atoms with E-state index in [4.69, 9.17) is 11.6 Å². The van der Waals surface area contributed by atoms with Gasteiger partial charge in [0.25, 0.3) is 0 Å². The number of amides is 1. The number of nitrogens with one attached hydrogen (secondary N) is 1. The summed E-state index contributed by atoms with van der Waals surface area (Å²) < 4.78 is 1.82. The molecule has 1 amide bonds. The molecule has 26 heavy (non-hydrogen) atoms. The molecule has 1 aromatic heterocycles. The summed E-state index contributed by atoms with van der Waals surface area (Å²) in [4.78, 5) is 14.6. The van der Waals surface area contributed by atoms with Gasteiger partial charge in [-0.05, 0) is 58.3 Å². The van der Waals surface area contributed by atoms with Crippen LogP contribution in [-0.2, 0) is 11.3 Å². The van der Waals surface area contributed by atoms with Crippen molar-refractivity contribution in [2.24, 2.45) is 0 Å². The molecule has 0 saturated carbocycles. The van der Waals surface area contributed by atoms with Gasteiger partial charge in [-0.1, -0.05) is 37.8 Å². The number of rotatable bonds is 9. The maximum Gasteiger partial charge on any atom is 0.244 e. The highest BCUT2D eigenvalue weighted by Gasteiger charge is 2.11. The zero-order valence-corrected chi connectivity index (χ0v) is 17.0. The maximum atomic E-state index is 12.0. The quantitative estimate of drug-likeness (QED) is 0.519. The summed E-state index contributed by atoms with van der Waals surface area (Å²) in [5, 5.41) is 8.03. The second-order valence-corrected chi connectivity index (χ2v) is 7.46. The Balaban J connectivity index is 1.74. The Hall–Kier alpha value is -1.33. The van der Waals surface area contributed by atoms with E-state index in [1.54, 1.807) is 12.2 Å². The fourth-order valence-electron chi connectivity index (χ4n) is 3.30. The summed E-state index contributed by atoms with van der Waals surface area (Å²) in [6.45, 7) is 9.06. The third-order valence-electron chi connectivity index (χ3n) is 4.88. The topological polar surface area (TPSA) is 50.2 Å². The first-order valence-electron chi connectivity index (χ1n) is 10.0. The largest absolute Gasteiger partial charge is 0.353 e. The average Bonchev–Trinajstić information content (AvgIpc) is 2.81. The van der Waals surface area contributed by atoms with Gasteiger partial charge in [-0.15, -0.1) is 0 Å². The molecule has 1 aromatic rings. The van der Waals surface area contributed by atoms with E-state index in [0.29, 0.717) is 11.7 Å². The number of halogens is 1. The van der Waals surface area contributed by atoms with Crippen molar-refractivity contribution in [2.75, 3.05) is 26.2 Å². The molecule has 0 aromatic carbocycles. The number of aryl methyl sites for hydroxylation is 2. The predicted octanol–water partition coefficient (Wildman–Crippen LogP) is 4.04. The number of aromatic nitrogens is 2. The Morgan fingerprint density at radius 1 is 1.19 bits per heavy atom. The first-order valence-corrected chi connectivity index (χ1v) is 10.4. The molecule has 0 aliphatic carbocycles. The minimum atomic E-state index is -0.0716. The monoisotopic (exact) mass is 380 g/mol. The molecule has 1 fully saturated rings. The van der Waals surface area contributed by atoms with Gasteiger partial charge in [0.15, 0.2) is 0 Å². The molecule has 2 rings (SSSR count). The van der Waals surface area contributed by atoms with Crippen LogP contribution in [0.3, 0.4) is 0 Å². The Morgan fingerprint density at radius 3 is 2.62 bits per heavy atom. The lowest BCUT2D eigenvalue weighted by Crippen LogP contribution is -2.30. The molecule has 1 N–H and O–H groups in total. The lowest BCUT2D eigenvalue weighted by atomic mass is 10.2. The summed E-state index contributed by atoms with van der Waals surface area (Å²) >= 11 is 6.39. The van der Waals surface area contributed by atoms with Crippen molar-refractivity contribution in [3.63, 3.8) is 0 Å². The highest BCUT2D eigenvalue weighted by Crippen LogP contribution is 2.21. The minimum absolute atomic E-state index is 0.0716. The van der Waals surface area contributed by atoms with Crippen LogP contribution in [0.1, 0.15) is 63.1 Å². The zero-order valence-electron chi connectivity index (χ0n) is 16.3. The van der Waals surface area contributed by atoms with E-state index in [-0.39, 0.29) is 5.91 Å². The van der Waals surface area contributed by atoms with E-state index in [1.165, 1.54) is 38.8 Å². The Labute approximate surface area is 162 Å². The zero-order chi connectivity index (χ0) is 18.8. The molecule has 0 radical (unpaired) electrons. The van der Waals surface area contributed by atoms with Gasteiger partial charge in [-0.25, -0.2) is 0 Å². The Bertz CT molecular complexity index is 589. The van der Waals surface area contributed by atoms with Crippen molar-refractivity contribution in [2.45, 2.75) is 65.3 Å². The van der Waals surface area contributed by atoms with Gasteiger partial charge in [0.2, 0.25) is 5.91 Å². The van der Waals surface area contributed by atoms with Crippen LogP contribution in [0.15, 0.2) is 6.08 Å². The summed E-state index contributed by atoms with van der Waals surface area (Å²) in [6, 6.07) is 0. The molecule has 1 saturated heterocycles. The highest BCUT2D eigenvalue weighted by atomic mass is 35.5. The molecule has 0 atom stereocenters. The second-order valence-electron chi connectivity index (χ2n) is 7.10. The molecule has 0 unspecified atom stereocenters. The van der Waals surface area contributed by atoms with Gasteiger partial charge in [-0.3, -0.25) is 9.48 Å². The minimum Gasteiger partial charge on any atom is -0.353 e. The van der Waals surface area contributed by atoms with Gasteiger partial charge in [0.05, 0.1) is 5.69 Å². The lowest BCUT2D eigenvalue weighted by Gasteiger charge is -2.19. The van der Waals surface area contributed by atoms with Crippen LogP contribution in [0.25, 0.3) is 6.08 Å². The van der Waals surface area contributed by atoms with Gasteiger partial charge >= 0.3 is 0 Å². The Morgan fingerprint density at radius 2 is 1.92 bits per heavy atom. The van der Waals surface area contributed by atoms with Gasteiger partial charge in [0.1, 0.15) is 5.15 Å². The summed E-state index contributed by atoms with van der Waals surface area (Å²) in [6.07, 6.45) is 11.8. The first-order chi connectivity index (χ1) is 12.6. The van der Waals surface area contributed by atoms with Gasteiger partial charge in [0, 0.05) is 24.7 Å². The Kier molecular flexibility index (Phi) is 9.19. The second kappa shape index (κ2) is 11.4. The number of likely N-dealkylation sites (tertiary alicyclic amines) is 1. The fraction of sp³-hybridized carbons (Fsp3) is 0.700. The van der Waals surface area contributed by atoms with E-state index < -0.39 is 0 Å². The van der Waals surface area contributed by atoms with Crippen molar-refractivity contribution in [1.82, 2.24) is 20.0 Å². The van der Waals surface area contributed by atoms with E-state index in [1.807, 2.05) is 11.6 Å². The number of hydrogen-bond acceptors (Lipinski definition) is 3. The molecule has 2 heterocycles. The number of nitrogens with zero attached hydrogens (tertiary/aromatic N) is 3. The van der Waals surface area contributed by atoms with E-state index >= 15 is 0 Å². The van der Waals surface area contributed by atoms with Crippen LogP contribution in [0.5, 0.6) is 0 Å². The average molecular weight is 381 g/mol. The standard InChI is InChI=1S/C20H33ClN4O/c1-3-4-16-25-20(21)18(17(2)23-25)10-11-19(26)22-12-9-15-24-13-7-5-6-8-14-24/h10-11H,3-9,12-16H2,1-2H3,(H,22,26). The van der Waals surface area contributed by atoms with Crippen molar-refractivity contribution in [3.8, 4) is 0 Å². The molecular weight excluding hydrogens is 348 g/mol. The lowest BCUT2D eigenvalue weighted by molar-refractivity contribution is -0.116. The third-order valence-corrected chi connectivity index (χ3v) is 5.28. The molecule has 0 bridgehead atoms. The van der Waals surface area contributed by atoms with Crippen LogP contribution in [0.2, 0.25) is 5.15 Å². The van der Waals surface area contributed by atoms with Crippen LogP contribution in [-0.4, -0.2) is 46.8 Å². The smallest absolute Gasteiger partial charge is 0.244 e. The van der Waals surface area contributed by atoms with Crippen molar-refractivity contribution in [3.05, 3.63) is 22.5 Å². The number of carbonyl (C=O) groups excluding carboxylic acids is 1. The number of hydrogen-bond donors (Lipinski definition) is 1. The molecule has 0 spiro atoms. The maximum absolute atomic E-state index is 12.0. The molecule has 1 aliphatic heterocycles. The van der Waals surface area contributed by atoms with Crippen LogP contribution < -0.4 is 5.32 Å². The summed E-state index contributed by atoms with van der Waals surface area (Å²) in [7, 11) is 0. The van der Waals surface area contributed by atoms with Crippen LogP contribution in [0.4, 0.5) is 0 Å². The molecule has 5 nitrogen and oxygen atoms in total. The van der Waals surface area contributed by atoms with Crippen molar-refractivity contribution in [1.29, 1.82) is 0 Å². The highest BCUT2D eigenvalue weighted by molar-refractivity contribution is 6.31. The van der Waals surface area contributed by atoms with E-state index in [9.17, 15) is 4.79 Å². The van der Waals surface area contributed by atoms with Crippen molar-refractivity contribution >= 4 is 23.6 Å². The molecule has 146 valence electrons. The fourth-order valence-corrected chi connectivity index (χ4v) is 3.63. The predicted molar refractivity (Wildman–Crippen MR) is 108 cm³/mol. The summed E-state index contributed by atoms with van der Waals surface area (Å²) in [5.74, 6) is -0.0716. The van der Waals surface area contributed by atoms with Gasteiger partial charge < -0.3 is 10.2 Å². The molecule has 6 heteroatoms. The summed E-state index contributed by atoms with van der Waals surface area (Å²) in [5.41, 5.74) is 1.69. The molecule has 1 aliphatic rings. The van der Waals surface area contributed by atoms with Crippen LogP contribution in [0, 0.1) is 6.92 Å². The van der Waals surface area contributed by atoms with Crippen molar-refractivity contribution < 1.29 is 4.79 Å².